The van der Waals surface area contributed by atoms with Crippen LogP contribution in [0.15, 0.2) is 42.6 Å². The predicted octanol–water partition coefficient (Wildman–Crippen LogP) is 3.58. The van der Waals surface area contributed by atoms with Gasteiger partial charge in [0.1, 0.15) is 0 Å². The van der Waals surface area contributed by atoms with E-state index in [1.807, 2.05) is 0 Å². The van der Waals surface area contributed by atoms with Gasteiger partial charge in [-0.15, -0.1) is 0 Å². The van der Waals surface area contributed by atoms with Crippen LogP contribution in [0.4, 0.5) is 0 Å². The van der Waals surface area contributed by atoms with Crippen LogP contribution in [0.1, 0.15) is 5.56 Å². The number of hydrogen-bond acceptors (Lipinski definition) is 0. The van der Waals surface area contributed by atoms with E-state index in [-0.39, 0.29) is 0 Å². The second kappa shape index (κ2) is 2.61. The molecule has 14 heavy (non-hydrogen) atoms. The Bertz CT molecular complexity index is 563. The molecule has 0 radical (unpaired) electrons. The van der Waals surface area contributed by atoms with E-state index in [2.05, 4.69) is 54.5 Å². The number of nitrogens with one attached hydrogen (secondary N) is 1. The molecular weight excluding hydrogens is 170 g/mol. The number of benzene rings is 1. The molecular formula is C13H11N. The van der Waals surface area contributed by atoms with Crippen molar-refractivity contribution in [2.24, 2.45) is 0 Å². The van der Waals surface area contributed by atoms with E-state index < -0.39 is 0 Å². The molecule has 1 aromatic carbocycles. The van der Waals surface area contributed by atoms with E-state index >= 15 is 0 Å². The van der Waals surface area contributed by atoms with Crippen molar-refractivity contribution in [2.45, 2.75) is 6.92 Å². The molecule has 0 amide bonds. The van der Waals surface area contributed by atoms with Crippen LogP contribution in [0.25, 0.3) is 22.0 Å². The molecule has 68 valence electrons. The topological polar surface area (TPSA) is 15.8 Å². The van der Waals surface area contributed by atoms with E-state index in [0.717, 1.165) is 0 Å². The molecule has 0 fully saturated rings. The zero-order valence-electron chi connectivity index (χ0n) is 8.04. The summed E-state index contributed by atoms with van der Waals surface area (Å²) in [5.41, 5.74) is 3.86. The predicted molar refractivity (Wildman–Crippen MR) is 59.7 cm³/mol. The molecule has 0 saturated carbocycles. The summed E-state index contributed by atoms with van der Waals surface area (Å²) < 4.78 is 0. The van der Waals surface area contributed by atoms with Crippen LogP contribution in [0.2, 0.25) is 0 Å². The van der Waals surface area contributed by atoms with Crippen molar-refractivity contribution in [2.75, 3.05) is 0 Å². The van der Waals surface area contributed by atoms with Crippen molar-refractivity contribution in [3.8, 4) is 11.3 Å². The molecule has 1 nitrogen and oxygen atoms in total. The lowest BCUT2D eigenvalue weighted by Crippen LogP contribution is -1.82. The van der Waals surface area contributed by atoms with Crippen LogP contribution in [0, 0.1) is 6.92 Å². The van der Waals surface area contributed by atoms with Crippen molar-refractivity contribution in [3.05, 3.63) is 48.2 Å². The highest BCUT2D eigenvalue weighted by molar-refractivity contribution is 5.96. The van der Waals surface area contributed by atoms with Crippen molar-refractivity contribution in [1.82, 2.24) is 4.98 Å². The summed E-state index contributed by atoms with van der Waals surface area (Å²) in [6, 6.07) is 12.9. The van der Waals surface area contributed by atoms with Crippen molar-refractivity contribution in [1.29, 1.82) is 0 Å². The molecule has 0 aromatic heterocycles. The van der Waals surface area contributed by atoms with Gasteiger partial charge in [-0.05, 0) is 35.4 Å². The Labute approximate surface area is 82.7 Å². The minimum Gasteiger partial charge on any atom is -0.361 e. The van der Waals surface area contributed by atoms with Gasteiger partial charge in [0, 0.05) is 17.5 Å². The molecule has 0 saturated heterocycles. The molecule has 3 rings (SSSR count). The Morgan fingerprint density at radius 3 is 2.86 bits per heavy atom. The average Bonchev–Trinajstić information content (AvgIpc) is 2.59. The standard InChI is InChI=1S/C13H11N/c1-9-6-12-11-5-3-2-4-10(11)8-14-13(12)7-9/h2-8,14H,1H3. The van der Waals surface area contributed by atoms with Crippen LogP contribution in [-0.2, 0) is 0 Å². The number of fused-ring (bicyclic) bond motifs is 3. The van der Waals surface area contributed by atoms with E-state index in [9.17, 15) is 0 Å². The van der Waals surface area contributed by atoms with Gasteiger partial charge in [0.25, 0.3) is 0 Å². The quantitative estimate of drug-likeness (QED) is 0.545. The van der Waals surface area contributed by atoms with Gasteiger partial charge in [-0.25, -0.2) is 0 Å². The number of hydrogen-bond donors (Lipinski definition) is 1. The van der Waals surface area contributed by atoms with Crippen molar-refractivity contribution < 1.29 is 0 Å². The maximum absolute atomic E-state index is 3.31. The third-order valence-electron chi connectivity index (χ3n) is 2.67. The first kappa shape index (κ1) is 7.63. The lowest BCUT2D eigenvalue weighted by molar-refractivity contribution is 1.37. The molecule has 1 N–H and O–H groups in total. The van der Waals surface area contributed by atoms with Gasteiger partial charge in [-0.2, -0.15) is 0 Å². The lowest BCUT2D eigenvalue weighted by Gasteiger charge is -2.04. The van der Waals surface area contributed by atoms with Crippen LogP contribution in [-0.4, -0.2) is 4.98 Å². The number of H-pyrrole nitrogens is 1. The molecule has 2 aliphatic rings. The molecule has 0 spiro atoms. The molecule has 1 aliphatic carbocycles. The van der Waals surface area contributed by atoms with Gasteiger partial charge in [-0.1, -0.05) is 24.3 Å². The highest BCUT2D eigenvalue weighted by atomic mass is 14.7. The Hall–Kier alpha value is -1.76. The summed E-state index contributed by atoms with van der Waals surface area (Å²) >= 11 is 0. The highest BCUT2D eigenvalue weighted by Crippen LogP contribution is 2.30. The number of aromatic nitrogens is 1. The second-order valence-corrected chi connectivity index (χ2v) is 3.74. The van der Waals surface area contributed by atoms with E-state index in [4.69, 9.17) is 0 Å². The largest absolute Gasteiger partial charge is 0.361 e. The summed E-state index contributed by atoms with van der Waals surface area (Å²) in [6.07, 6.45) is 2.07. The minimum absolute atomic E-state index is 1.22. The minimum atomic E-state index is 1.22. The Morgan fingerprint density at radius 2 is 1.93 bits per heavy atom. The zero-order valence-corrected chi connectivity index (χ0v) is 8.04. The van der Waals surface area contributed by atoms with Gasteiger partial charge in [0.15, 0.2) is 0 Å². The van der Waals surface area contributed by atoms with Crippen LogP contribution >= 0.6 is 0 Å². The first-order valence-corrected chi connectivity index (χ1v) is 4.81. The summed E-state index contributed by atoms with van der Waals surface area (Å²) in [5, 5.41) is 2.60. The Kier molecular flexibility index (Phi) is 1.42. The smallest absolute Gasteiger partial charge is 0.0462 e. The van der Waals surface area contributed by atoms with Gasteiger partial charge in [0.2, 0.25) is 0 Å². The molecule has 0 unspecified atom stereocenters. The Morgan fingerprint density at radius 1 is 1.07 bits per heavy atom. The third-order valence-corrected chi connectivity index (χ3v) is 2.67. The Balaban J connectivity index is 2.53. The van der Waals surface area contributed by atoms with Crippen LogP contribution < -0.4 is 0 Å². The maximum Gasteiger partial charge on any atom is 0.0462 e. The molecule has 1 heteroatoms. The van der Waals surface area contributed by atoms with Gasteiger partial charge >= 0.3 is 0 Å². The summed E-state index contributed by atoms with van der Waals surface area (Å²) in [7, 11) is 0. The van der Waals surface area contributed by atoms with Crippen LogP contribution in [0.3, 0.4) is 0 Å². The van der Waals surface area contributed by atoms with E-state index in [1.54, 1.807) is 0 Å². The monoisotopic (exact) mass is 181 g/mol. The molecule has 0 atom stereocenters. The van der Waals surface area contributed by atoms with Crippen LogP contribution in [0.5, 0.6) is 0 Å². The first-order chi connectivity index (χ1) is 6.84. The van der Waals surface area contributed by atoms with Gasteiger partial charge in [0.05, 0.1) is 0 Å². The number of rotatable bonds is 0. The lowest BCUT2D eigenvalue weighted by atomic mass is 10.1. The normalized spacial score (nSPS) is 11.2. The summed E-state index contributed by atoms with van der Waals surface area (Å²) in [4.78, 5) is 3.31. The fraction of sp³-hybridized carbons (Fsp3) is 0.0769. The highest BCUT2D eigenvalue weighted by Gasteiger charge is 2.07. The number of aromatic amines is 1. The van der Waals surface area contributed by atoms with E-state index in [1.165, 1.54) is 27.6 Å². The summed E-state index contributed by atoms with van der Waals surface area (Å²) in [5.74, 6) is 0. The maximum atomic E-state index is 3.31. The van der Waals surface area contributed by atoms with Gasteiger partial charge in [-0.3, -0.25) is 0 Å². The fourth-order valence-corrected chi connectivity index (χ4v) is 2.02. The molecule has 1 aromatic rings. The molecule has 1 aliphatic heterocycles. The van der Waals surface area contributed by atoms with Gasteiger partial charge < -0.3 is 4.98 Å². The summed E-state index contributed by atoms with van der Waals surface area (Å²) in [6.45, 7) is 2.13. The van der Waals surface area contributed by atoms with E-state index in [0.29, 0.717) is 0 Å². The zero-order chi connectivity index (χ0) is 9.54. The molecule has 0 bridgehead atoms. The van der Waals surface area contributed by atoms with Crippen molar-refractivity contribution >= 4 is 10.8 Å². The van der Waals surface area contributed by atoms with Crippen molar-refractivity contribution in [3.63, 3.8) is 0 Å². The average molecular weight is 181 g/mol. The number of aryl methyl sites for hydroxylation is 1. The fourth-order valence-electron chi connectivity index (χ4n) is 2.02. The SMILES string of the molecule is Cc1cc2[nH]cc3ccccc3c-2c1. The number of pyridine rings is 1. The molecule has 1 heterocycles. The first-order valence-electron chi connectivity index (χ1n) is 4.81. The second-order valence-electron chi connectivity index (χ2n) is 3.74. The third kappa shape index (κ3) is 0.956.